The van der Waals surface area contributed by atoms with Crippen LogP contribution in [-0.2, 0) is 16.2 Å². The van der Waals surface area contributed by atoms with Gasteiger partial charge in [0.25, 0.3) is 5.91 Å². The van der Waals surface area contributed by atoms with E-state index in [9.17, 15) is 18.8 Å². The number of hydrogen-bond donors (Lipinski definition) is 2. The quantitative estimate of drug-likeness (QED) is 0.260. The highest BCUT2D eigenvalue weighted by atomic mass is 79.9. The van der Waals surface area contributed by atoms with Gasteiger partial charge in [-0.15, -0.1) is 0 Å². The number of urea groups is 1. The van der Waals surface area contributed by atoms with Crippen molar-refractivity contribution >= 4 is 45.5 Å². The number of hydrogen-bond acceptors (Lipinski definition) is 5. The Labute approximate surface area is 227 Å². The van der Waals surface area contributed by atoms with Gasteiger partial charge in [0.2, 0.25) is 5.91 Å². The lowest BCUT2D eigenvalue weighted by Gasteiger charge is -2.14. The van der Waals surface area contributed by atoms with E-state index in [1.165, 1.54) is 24.3 Å². The summed E-state index contributed by atoms with van der Waals surface area (Å²) in [6, 6.07) is 16.2. The highest BCUT2D eigenvalue weighted by molar-refractivity contribution is 9.10. The molecule has 0 aromatic heterocycles. The van der Waals surface area contributed by atoms with E-state index >= 15 is 0 Å². The molecule has 3 aromatic rings. The Morgan fingerprint density at radius 2 is 1.84 bits per heavy atom. The van der Waals surface area contributed by atoms with Crippen molar-refractivity contribution in [1.29, 1.82) is 0 Å². The molecule has 2 N–H and O–H groups in total. The highest BCUT2D eigenvalue weighted by Gasteiger charge is 2.35. The molecule has 10 heteroatoms. The second kappa shape index (κ2) is 11.9. The summed E-state index contributed by atoms with van der Waals surface area (Å²) < 4.78 is 26.2. The number of nitrogens with zero attached hydrogens (tertiary/aromatic N) is 1. The van der Waals surface area contributed by atoms with Gasteiger partial charge in [0.15, 0.2) is 11.5 Å². The van der Waals surface area contributed by atoms with Crippen molar-refractivity contribution < 1.29 is 28.2 Å². The summed E-state index contributed by atoms with van der Waals surface area (Å²) in [6.45, 7) is 4.00. The second-order valence-corrected chi connectivity index (χ2v) is 9.29. The van der Waals surface area contributed by atoms with Crippen molar-refractivity contribution in [1.82, 2.24) is 10.2 Å². The molecule has 0 radical (unpaired) electrons. The fourth-order valence-corrected chi connectivity index (χ4v) is 4.21. The molecule has 0 saturated carbocycles. The number of anilines is 1. The Morgan fingerprint density at radius 3 is 2.58 bits per heavy atom. The van der Waals surface area contributed by atoms with Gasteiger partial charge in [-0.2, -0.15) is 0 Å². The third-order valence-corrected chi connectivity index (χ3v) is 6.24. The molecule has 1 fully saturated rings. The lowest BCUT2D eigenvalue weighted by molar-refractivity contribution is -0.127. The molecular formula is C28H25BrFN3O5. The molecule has 4 rings (SSSR count). The van der Waals surface area contributed by atoms with Crippen molar-refractivity contribution in [3.05, 3.63) is 93.3 Å². The Morgan fingerprint density at radius 1 is 1.08 bits per heavy atom. The van der Waals surface area contributed by atoms with E-state index in [1.807, 2.05) is 38.1 Å². The second-order valence-electron chi connectivity index (χ2n) is 8.44. The first-order chi connectivity index (χ1) is 18.2. The first-order valence-corrected chi connectivity index (χ1v) is 12.6. The molecule has 0 aliphatic carbocycles. The SMILES string of the molecule is CCOc1cc(/C=C2/NC(=O)N(CC(=O)Nc3ccccc3F)C2=O)c(Br)cc1OCc1cccc(C)c1. The number of benzene rings is 3. The topological polar surface area (TPSA) is 97.0 Å². The first-order valence-electron chi connectivity index (χ1n) is 11.8. The molecule has 8 nitrogen and oxygen atoms in total. The number of carbonyl (C=O) groups is 3. The molecule has 0 spiro atoms. The third kappa shape index (κ3) is 6.38. The average molecular weight is 582 g/mol. The van der Waals surface area contributed by atoms with E-state index in [2.05, 4.69) is 26.6 Å². The number of ether oxygens (including phenoxy) is 2. The number of para-hydroxylation sites is 1. The fourth-order valence-electron chi connectivity index (χ4n) is 3.77. The molecule has 1 heterocycles. The van der Waals surface area contributed by atoms with E-state index < -0.39 is 30.2 Å². The van der Waals surface area contributed by atoms with E-state index in [4.69, 9.17) is 9.47 Å². The number of halogens is 2. The van der Waals surface area contributed by atoms with Crippen molar-refractivity contribution in [2.45, 2.75) is 20.5 Å². The molecule has 1 aliphatic heterocycles. The monoisotopic (exact) mass is 581 g/mol. The van der Waals surface area contributed by atoms with Crippen LogP contribution in [0.3, 0.4) is 0 Å². The van der Waals surface area contributed by atoms with Gasteiger partial charge in [-0.3, -0.25) is 9.59 Å². The van der Waals surface area contributed by atoms with Crippen LogP contribution < -0.4 is 20.1 Å². The van der Waals surface area contributed by atoms with Crippen molar-refractivity contribution in [2.24, 2.45) is 0 Å². The zero-order valence-electron chi connectivity index (χ0n) is 20.7. The minimum absolute atomic E-state index is 0.0229. The molecule has 196 valence electrons. The van der Waals surface area contributed by atoms with Crippen molar-refractivity contribution in [2.75, 3.05) is 18.5 Å². The molecule has 0 atom stereocenters. The van der Waals surface area contributed by atoms with Gasteiger partial charge in [-0.25, -0.2) is 14.1 Å². The first kappa shape index (κ1) is 26.9. The Kier molecular flexibility index (Phi) is 8.42. The summed E-state index contributed by atoms with van der Waals surface area (Å²) in [5.41, 5.74) is 2.62. The highest BCUT2D eigenvalue weighted by Crippen LogP contribution is 2.35. The van der Waals surface area contributed by atoms with Crippen LogP contribution in [0, 0.1) is 12.7 Å². The lowest BCUT2D eigenvalue weighted by atomic mass is 10.1. The minimum atomic E-state index is -0.760. The van der Waals surface area contributed by atoms with E-state index in [0.29, 0.717) is 34.7 Å². The summed E-state index contributed by atoms with van der Waals surface area (Å²) >= 11 is 3.49. The van der Waals surface area contributed by atoms with Gasteiger partial charge in [0.1, 0.15) is 24.7 Å². The van der Waals surface area contributed by atoms with Crippen molar-refractivity contribution in [3.63, 3.8) is 0 Å². The average Bonchev–Trinajstić information content (AvgIpc) is 3.13. The zero-order chi connectivity index (χ0) is 27.2. The van der Waals surface area contributed by atoms with E-state index in [1.54, 1.807) is 18.2 Å². The maximum Gasteiger partial charge on any atom is 0.329 e. The van der Waals surface area contributed by atoms with Crippen LogP contribution in [0.25, 0.3) is 6.08 Å². The van der Waals surface area contributed by atoms with Gasteiger partial charge in [-0.1, -0.05) is 57.9 Å². The molecule has 1 saturated heterocycles. The summed E-state index contributed by atoms with van der Waals surface area (Å²) in [5.74, 6) is -1.05. The number of rotatable bonds is 9. The molecular weight excluding hydrogens is 557 g/mol. The number of carbonyl (C=O) groups excluding carboxylic acids is 3. The van der Waals surface area contributed by atoms with Crippen LogP contribution in [0.5, 0.6) is 11.5 Å². The fraction of sp³-hybridized carbons (Fsp3) is 0.179. The molecule has 0 unspecified atom stereocenters. The van der Waals surface area contributed by atoms with Crippen LogP contribution in [0.15, 0.2) is 70.8 Å². The normalized spacial score (nSPS) is 14.0. The summed E-state index contributed by atoms with van der Waals surface area (Å²) in [5, 5.41) is 4.84. The van der Waals surface area contributed by atoms with Crippen LogP contribution in [-0.4, -0.2) is 35.9 Å². The Bertz CT molecular complexity index is 1430. The van der Waals surface area contributed by atoms with Gasteiger partial charge in [0.05, 0.1) is 12.3 Å². The van der Waals surface area contributed by atoms with Gasteiger partial charge in [-0.05, 0) is 55.3 Å². The molecule has 0 bridgehead atoms. The standard InChI is InChI=1S/C28H25BrFN3O5/c1-3-37-24-13-19(20(29)14-25(24)38-16-18-8-6-7-17(2)11-18)12-23-27(35)33(28(36)32-23)15-26(34)31-22-10-5-4-9-21(22)30/h4-14H,3,15-16H2,1-2H3,(H,31,34)(H,32,36)/b23-12+. The van der Waals surface area contributed by atoms with Crippen LogP contribution in [0.2, 0.25) is 0 Å². The number of amides is 4. The van der Waals surface area contributed by atoms with Crippen LogP contribution in [0.1, 0.15) is 23.6 Å². The summed E-state index contributed by atoms with van der Waals surface area (Å²) in [6.07, 6.45) is 1.48. The maximum atomic E-state index is 13.8. The minimum Gasteiger partial charge on any atom is -0.490 e. The number of nitrogens with one attached hydrogen (secondary N) is 2. The largest absolute Gasteiger partial charge is 0.490 e. The third-order valence-electron chi connectivity index (χ3n) is 5.55. The molecule has 3 aromatic carbocycles. The van der Waals surface area contributed by atoms with Crippen LogP contribution >= 0.6 is 15.9 Å². The number of aryl methyl sites for hydroxylation is 1. The van der Waals surface area contributed by atoms with Crippen molar-refractivity contribution in [3.8, 4) is 11.5 Å². The summed E-state index contributed by atoms with van der Waals surface area (Å²) in [4.78, 5) is 38.4. The van der Waals surface area contributed by atoms with Crippen LogP contribution in [0.4, 0.5) is 14.9 Å². The summed E-state index contributed by atoms with van der Waals surface area (Å²) in [7, 11) is 0. The lowest BCUT2D eigenvalue weighted by Crippen LogP contribution is -2.38. The number of imide groups is 1. The molecule has 1 aliphatic rings. The maximum absolute atomic E-state index is 13.8. The van der Waals surface area contributed by atoms with E-state index in [0.717, 1.165) is 16.0 Å². The predicted molar refractivity (Wildman–Crippen MR) is 144 cm³/mol. The van der Waals surface area contributed by atoms with E-state index in [-0.39, 0.29) is 11.4 Å². The smallest absolute Gasteiger partial charge is 0.329 e. The zero-order valence-corrected chi connectivity index (χ0v) is 22.3. The molecule has 4 amide bonds. The Hall–Kier alpha value is -4.18. The Balaban J connectivity index is 1.50. The molecule has 38 heavy (non-hydrogen) atoms. The van der Waals surface area contributed by atoms with Gasteiger partial charge in [0, 0.05) is 4.47 Å². The van der Waals surface area contributed by atoms with Gasteiger partial charge >= 0.3 is 6.03 Å². The van der Waals surface area contributed by atoms with Gasteiger partial charge < -0.3 is 20.1 Å². The predicted octanol–water partition coefficient (Wildman–Crippen LogP) is 5.41.